The highest BCUT2D eigenvalue weighted by molar-refractivity contribution is 6.05. The molecule has 0 bridgehead atoms. The van der Waals surface area contributed by atoms with E-state index in [0.717, 1.165) is 59.7 Å². The van der Waals surface area contributed by atoms with Crippen molar-refractivity contribution < 1.29 is 19.1 Å². The van der Waals surface area contributed by atoms with Crippen molar-refractivity contribution in [3.63, 3.8) is 0 Å². The number of carbonyl (C=O) groups excluding carboxylic acids is 3. The first kappa shape index (κ1) is 22.7. The molecule has 3 amide bonds. The highest BCUT2D eigenvalue weighted by atomic mass is 16.5. The van der Waals surface area contributed by atoms with Gasteiger partial charge in [-0.3, -0.25) is 24.4 Å². The van der Waals surface area contributed by atoms with Gasteiger partial charge < -0.3 is 9.64 Å². The predicted molar refractivity (Wildman–Crippen MR) is 133 cm³/mol. The lowest BCUT2D eigenvalue weighted by Gasteiger charge is -2.29. The normalized spacial score (nSPS) is 20.5. The van der Waals surface area contributed by atoms with Crippen LogP contribution >= 0.6 is 0 Å². The van der Waals surface area contributed by atoms with E-state index < -0.39 is 11.9 Å². The molecule has 8 nitrogen and oxygen atoms in total. The molecule has 36 heavy (non-hydrogen) atoms. The van der Waals surface area contributed by atoms with Crippen LogP contribution in [0.5, 0.6) is 0 Å². The lowest BCUT2D eigenvalue weighted by molar-refractivity contribution is -0.136. The van der Waals surface area contributed by atoms with E-state index in [2.05, 4.69) is 29.1 Å². The number of hydrogen-bond acceptors (Lipinski definition) is 5. The van der Waals surface area contributed by atoms with Crippen molar-refractivity contribution in [3.8, 4) is 22.4 Å². The minimum atomic E-state index is -0.624. The van der Waals surface area contributed by atoms with Gasteiger partial charge >= 0.3 is 0 Å². The van der Waals surface area contributed by atoms with Crippen molar-refractivity contribution in [1.29, 1.82) is 0 Å². The van der Waals surface area contributed by atoms with Gasteiger partial charge in [0.2, 0.25) is 11.8 Å². The third-order valence-electron chi connectivity index (χ3n) is 7.55. The highest BCUT2D eigenvalue weighted by Gasteiger charge is 2.39. The van der Waals surface area contributed by atoms with Gasteiger partial charge in [-0.2, -0.15) is 5.10 Å². The summed E-state index contributed by atoms with van der Waals surface area (Å²) in [5, 5.41) is 7.48. The summed E-state index contributed by atoms with van der Waals surface area (Å²) in [6, 6.07) is 15.8. The number of amides is 3. The molecule has 0 spiro atoms. The molecule has 1 N–H and O–H groups in total. The molecular weight excluding hydrogens is 456 g/mol. The molecule has 2 aromatic carbocycles. The molecule has 1 atom stereocenters. The molecule has 2 fully saturated rings. The molecule has 0 radical (unpaired) electrons. The van der Waals surface area contributed by atoms with Crippen molar-refractivity contribution in [2.24, 2.45) is 0 Å². The number of hydrogen-bond donors (Lipinski definition) is 1. The van der Waals surface area contributed by atoms with Gasteiger partial charge in [0.15, 0.2) is 0 Å². The Morgan fingerprint density at radius 1 is 0.972 bits per heavy atom. The van der Waals surface area contributed by atoms with Gasteiger partial charge in [0.05, 0.1) is 6.04 Å². The number of benzene rings is 2. The van der Waals surface area contributed by atoms with Gasteiger partial charge in [0.1, 0.15) is 11.7 Å². The van der Waals surface area contributed by atoms with Crippen LogP contribution in [0.2, 0.25) is 0 Å². The fourth-order valence-electron chi connectivity index (χ4n) is 5.68. The summed E-state index contributed by atoms with van der Waals surface area (Å²) < 4.78 is 7.72. The Kier molecular flexibility index (Phi) is 5.68. The molecule has 6 rings (SSSR count). The number of nitrogens with one attached hydrogen (secondary N) is 1. The van der Waals surface area contributed by atoms with Gasteiger partial charge in [-0.05, 0) is 49.4 Å². The van der Waals surface area contributed by atoms with Gasteiger partial charge in [0, 0.05) is 48.6 Å². The Hall–Kier alpha value is -3.78. The Bertz CT molecular complexity index is 1360. The minimum absolute atomic E-state index is 0.168. The fourth-order valence-corrected chi connectivity index (χ4v) is 5.68. The van der Waals surface area contributed by atoms with Gasteiger partial charge in [0.25, 0.3) is 5.91 Å². The Balaban J connectivity index is 1.39. The van der Waals surface area contributed by atoms with E-state index in [1.165, 1.54) is 0 Å². The molecule has 8 heteroatoms. The van der Waals surface area contributed by atoms with Crippen LogP contribution in [0.25, 0.3) is 22.4 Å². The maximum absolute atomic E-state index is 13.2. The number of piperidine rings is 1. The van der Waals surface area contributed by atoms with Gasteiger partial charge in [-0.1, -0.05) is 36.4 Å². The second-order valence-electron chi connectivity index (χ2n) is 9.74. The molecule has 1 aromatic heterocycles. The Labute approximate surface area is 209 Å². The monoisotopic (exact) mass is 484 g/mol. The predicted octanol–water partition coefficient (Wildman–Crippen LogP) is 3.64. The van der Waals surface area contributed by atoms with E-state index in [0.29, 0.717) is 18.5 Å². The molecule has 184 valence electrons. The summed E-state index contributed by atoms with van der Waals surface area (Å²) in [4.78, 5) is 38.7. The van der Waals surface area contributed by atoms with Crippen molar-refractivity contribution in [2.45, 2.75) is 51.2 Å². The topological polar surface area (TPSA) is 93.5 Å². The average Bonchev–Trinajstić information content (AvgIpc) is 3.41. The van der Waals surface area contributed by atoms with E-state index in [1.807, 2.05) is 36.4 Å². The first-order valence-corrected chi connectivity index (χ1v) is 12.5. The number of ether oxygens (including phenoxy) is 1. The number of imide groups is 1. The van der Waals surface area contributed by atoms with Gasteiger partial charge in [-0.25, -0.2) is 0 Å². The highest BCUT2D eigenvalue weighted by Crippen LogP contribution is 2.39. The van der Waals surface area contributed by atoms with Crippen LogP contribution in [0.1, 0.15) is 53.3 Å². The van der Waals surface area contributed by atoms with E-state index in [4.69, 9.17) is 9.84 Å². The van der Waals surface area contributed by atoms with E-state index in [-0.39, 0.29) is 24.3 Å². The van der Waals surface area contributed by atoms with Crippen LogP contribution in [0.4, 0.5) is 0 Å². The van der Waals surface area contributed by atoms with E-state index >= 15 is 0 Å². The maximum Gasteiger partial charge on any atom is 0.255 e. The molecule has 2 saturated heterocycles. The third-order valence-corrected chi connectivity index (χ3v) is 7.55. The summed E-state index contributed by atoms with van der Waals surface area (Å²) in [7, 11) is 0. The first-order valence-electron chi connectivity index (χ1n) is 12.5. The summed E-state index contributed by atoms with van der Waals surface area (Å²) in [6.07, 6.45) is 2.45. The molecule has 3 aromatic rings. The van der Waals surface area contributed by atoms with Crippen molar-refractivity contribution in [2.75, 3.05) is 13.2 Å². The smallest absolute Gasteiger partial charge is 0.255 e. The molecule has 4 heterocycles. The standard InChI is InChI=1S/C28H28N4O4/c1-17-25(18-5-3-2-4-6-18)26(30-32(17)21-11-13-36-14-12-21)19-7-8-22-20(15-19)16-31(28(22)35)23-9-10-24(33)29-27(23)34/h2-8,15,21,23H,9-14,16H2,1H3,(H,29,33,34). The van der Waals surface area contributed by atoms with Crippen molar-refractivity contribution in [3.05, 3.63) is 65.4 Å². The number of rotatable bonds is 4. The lowest BCUT2D eigenvalue weighted by atomic mass is 9.97. The summed E-state index contributed by atoms with van der Waals surface area (Å²) in [5.41, 5.74) is 6.62. The van der Waals surface area contributed by atoms with Crippen molar-refractivity contribution >= 4 is 17.7 Å². The van der Waals surface area contributed by atoms with Crippen LogP contribution in [0.15, 0.2) is 48.5 Å². The zero-order chi connectivity index (χ0) is 24.8. The average molecular weight is 485 g/mol. The summed E-state index contributed by atoms with van der Waals surface area (Å²) >= 11 is 0. The molecule has 3 aliphatic rings. The second-order valence-corrected chi connectivity index (χ2v) is 9.74. The molecule has 0 saturated carbocycles. The molecule has 1 unspecified atom stereocenters. The Morgan fingerprint density at radius 2 is 1.75 bits per heavy atom. The number of fused-ring (bicyclic) bond motifs is 1. The minimum Gasteiger partial charge on any atom is -0.381 e. The fraction of sp³-hybridized carbons (Fsp3) is 0.357. The molecular formula is C28H28N4O4. The first-order chi connectivity index (χ1) is 17.5. The quantitative estimate of drug-likeness (QED) is 0.571. The van der Waals surface area contributed by atoms with Crippen LogP contribution in [0.3, 0.4) is 0 Å². The van der Waals surface area contributed by atoms with E-state index in [9.17, 15) is 14.4 Å². The summed E-state index contributed by atoms with van der Waals surface area (Å²) in [6.45, 7) is 3.93. The maximum atomic E-state index is 13.2. The van der Waals surface area contributed by atoms with E-state index in [1.54, 1.807) is 4.90 Å². The van der Waals surface area contributed by atoms with Crippen LogP contribution in [-0.4, -0.2) is 51.7 Å². The SMILES string of the molecule is Cc1c(-c2ccccc2)c(-c2ccc3c(c2)CN(C2CCC(=O)NC2=O)C3=O)nn1C1CCOCC1. The van der Waals surface area contributed by atoms with Crippen LogP contribution in [-0.2, 0) is 20.9 Å². The number of carbonyl (C=O) groups is 3. The molecule has 3 aliphatic heterocycles. The zero-order valence-corrected chi connectivity index (χ0v) is 20.2. The number of nitrogens with zero attached hydrogens (tertiary/aromatic N) is 3. The van der Waals surface area contributed by atoms with Crippen LogP contribution < -0.4 is 5.32 Å². The summed E-state index contributed by atoms with van der Waals surface area (Å²) in [5.74, 6) is -0.852. The van der Waals surface area contributed by atoms with Crippen molar-refractivity contribution in [1.82, 2.24) is 20.0 Å². The second kappa shape index (κ2) is 9.02. The zero-order valence-electron chi connectivity index (χ0n) is 20.2. The molecule has 0 aliphatic carbocycles. The van der Waals surface area contributed by atoms with Gasteiger partial charge in [-0.15, -0.1) is 0 Å². The number of aromatic nitrogens is 2. The van der Waals surface area contributed by atoms with Crippen LogP contribution in [0, 0.1) is 6.92 Å². The third kappa shape index (κ3) is 3.82. The lowest BCUT2D eigenvalue weighted by Crippen LogP contribution is -2.52. The largest absolute Gasteiger partial charge is 0.381 e. The Morgan fingerprint density at radius 3 is 2.50 bits per heavy atom.